The van der Waals surface area contributed by atoms with Gasteiger partial charge in [0.05, 0.1) is 11.8 Å². The summed E-state index contributed by atoms with van der Waals surface area (Å²) < 4.78 is 0. The lowest BCUT2D eigenvalue weighted by Crippen LogP contribution is -2.50. The minimum Gasteiger partial charge on any atom is -0.354 e. The fraction of sp³-hybridized carbons (Fsp3) is 0.556. The number of carbonyl (C=O) groups excluding carboxylic acids is 4. The first-order chi connectivity index (χ1) is 16.2. The van der Waals surface area contributed by atoms with Crippen LogP contribution in [0, 0.1) is 24.7 Å². The summed E-state index contributed by atoms with van der Waals surface area (Å²) in [7, 11) is 0. The Hall–Kier alpha value is -2.96. The molecule has 1 aromatic carbocycles. The molecule has 4 amide bonds. The molecular formula is C27H37N3O4. The van der Waals surface area contributed by atoms with Gasteiger partial charge in [-0.05, 0) is 43.2 Å². The van der Waals surface area contributed by atoms with Gasteiger partial charge < -0.3 is 10.2 Å². The van der Waals surface area contributed by atoms with Gasteiger partial charge in [-0.25, -0.2) is 0 Å². The fourth-order valence-electron chi connectivity index (χ4n) is 4.75. The summed E-state index contributed by atoms with van der Waals surface area (Å²) in [6.07, 6.45) is 5.53. The van der Waals surface area contributed by atoms with Crippen LogP contribution in [0.3, 0.4) is 0 Å². The molecule has 1 aromatic rings. The molecule has 0 spiro atoms. The Bertz CT molecular complexity index is 929. The number of amides is 4. The van der Waals surface area contributed by atoms with Crippen molar-refractivity contribution in [2.45, 2.75) is 66.0 Å². The van der Waals surface area contributed by atoms with Gasteiger partial charge >= 0.3 is 0 Å². The molecule has 1 heterocycles. The zero-order chi connectivity index (χ0) is 24.8. The zero-order valence-corrected chi connectivity index (χ0v) is 20.8. The third-order valence-electron chi connectivity index (χ3n) is 6.82. The summed E-state index contributed by atoms with van der Waals surface area (Å²) in [6.45, 7) is 8.81. The molecule has 0 radical (unpaired) electrons. The van der Waals surface area contributed by atoms with Crippen molar-refractivity contribution in [2.75, 3.05) is 13.1 Å². The number of fused-ring (bicyclic) bond motifs is 1. The molecule has 1 aliphatic carbocycles. The van der Waals surface area contributed by atoms with E-state index < -0.39 is 6.04 Å². The monoisotopic (exact) mass is 467 g/mol. The van der Waals surface area contributed by atoms with Crippen molar-refractivity contribution in [3.8, 4) is 0 Å². The molecule has 3 atom stereocenters. The molecule has 0 saturated carbocycles. The third kappa shape index (κ3) is 5.75. The molecule has 7 heteroatoms. The molecule has 0 aromatic heterocycles. The number of nitrogens with one attached hydrogen (secondary N) is 1. The van der Waals surface area contributed by atoms with Crippen LogP contribution < -0.4 is 5.32 Å². The number of hydrogen-bond donors (Lipinski definition) is 1. The smallest absolute Gasteiger partial charge is 0.242 e. The van der Waals surface area contributed by atoms with Gasteiger partial charge in [-0.1, -0.05) is 57.2 Å². The first-order valence-corrected chi connectivity index (χ1v) is 12.4. The minimum absolute atomic E-state index is 0.00416. The summed E-state index contributed by atoms with van der Waals surface area (Å²) in [6, 6.07) is 7.18. The van der Waals surface area contributed by atoms with Gasteiger partial charge in [0.2, 0.25) is 23.6 Å². The molecule has 0 unspecified atom stereocenters. The lowest BCUT2D eigenvalue weighted by molar-refractivity contribution is -0.144. The number of carbonyl (C=O) groups is 4. The normalized spacial score (nSPS) is 20.4. The maximum atomic E-state index is 13.5. The van der Waals surface area contributed by atoms with E-state index in [0.717, 1.165) is 11.1 Å². The highest BCUT2D eigenvalue weighted by molar-refractivity contribution is 6.05. The molecule has 1 fully saturated rings. The fourth-order valence-corrected chi connectivity index (χ4v) is 4.75. The van der Waals surface area contributed by atoms with E-state index in [9.17, 15) is 19.2 Å². The van der Waals surface area contributed by atoms with Crippen LogP contribution in [0.4, 0.5) is 0 Å². The van der Waals surface area contributed by atoms with Crippen LogP contribution in [0.1, 0.15) is 57.6 Å². The summed E-state index contributed by atoms with van der Waals surface area (Å²) >= 11 is 0. The lowest BCUT2D eigenvalue weighted by Gasteiger charge is -2.32. The molecule has 1 aliphatic heterocycles. The number of hydrogen-bond acceptors (Lipinski definition) is 4. The Morgan fingerprint density at radius 2 is 1.71 bits per heavy atom. The van der Waals surface area contributed by atoms with E-state index in [0.29, 0.717) is 38.3 Å². The van der Waals surface area contributed by atoms with Crippen molar-refractivity contribution in [1.29, 1.82) is 0 Å². The molecule has 3 rings (SSSR count). The second-order valence-corrected chi connectivity index (χ2v) is 9.75. The van der Waals surface area contributed by atoms with Crippen molar-refractivity contribution < 1.29 is 19.2 Å². The molecule has 184 valence electrons. The van der Waals surface area contributed by atoms with Crippen LogP contribution in [-0.2, 0) is 25.7 Å². The first kappa shape index (κ1) is 25.7. The predicted molar refractivity (Wildman–Crippen MR) is 130 cm³/mol. The van der Waals surface area contributed by atoms with Crippen molar-refractivity contribution >= 4 is 23.6 Å². The SMILES string of the molecule is CC[C@@H](C(=O)NCC(C)C)N(Cc1ccccc1C)C(=O)CCN1C(=O)[C@H]2CC=CC[C@H]2C1=O. The van der Waals surface area contributed by atoms with Crippen molar-refractivity contribution in [3.63, 3.8) is 0 Å². The second kappa shape index (κ2) is 11.4. The summed E-state index contributed by atoms with van der Waals surface area (Å²) in [5.74, 6) is -1.08. The first-order valence-electron chi connectivity index (χ1n) is 12.4. The predicted octanol–water partition coefficient (Wildman–Crippen LogP) is 3.22. The minimum atomic E-state index is -0.623. The number of benzene rings is 1. The number of imide groups is 1. The summed E-state index contributed by atoms with van der Waals surface area (Å²) in [4.78, 5) is 54.9. The molecule has 34 heavy (non-hydrogen) atoms. The summed E-state index contributed by atoms with van der Waals surface area (Å²) in [5, 5.41) is 2.96. The van der Waals surface area contributed by atoms with Crippen LogP contribution in [0.15, 0.2) is 36.4 Å². The second-order valence-electron chi connectivity index (χ2n) is 9.75. The van der Waals surface area contributed by atoms with E-state index >= 15 is 0 Å². The molecule has 1 N–H and O–H groups in total. The Morgan fingerprint density at radius 3 is 2.26 bits per heavy atom. The zero-order valence-electron chi connectivity index (χ0n) is 20.8. The Morgan fingerprint density at radius 1 is 1.09 bits per heavy atom. The van der Waals surface area contributed by atoms with Gasteiger partial charge in [-0.3, -0.25) is 24.1 Å². The Labute approximate surface area is 202 Å². The van der Waals surface area contributed by atoms with Gasteiger partial charge in [-0.15, -0.1) is 0 Å². The van der Waals surface area contributed by atoms with Crippen LogP contribution in [0.2, 0.25) is 0 Å². The van der Waals surface area contributed by atoms with Gasteiger partial charge in [0, 0.05) is 26.1 Å². The number of nitrogens with zero attached hydrogens (tertiary/aromatic N) is 2. The number of likely N-dealkylation sites (tertiary alicyclic amines) is 1. The molecule has 0 bridgehead atoms. The van der Waals surface area contributed by atoms with Crippen LogP contribution in [0.25, 0.3) is 0 Å². The highest BCUT2D eigenvalue weighted by Crippen LogP contribution is 2.35. The van der Waals surface area contributed by atoms with Crippen LogP contribution >= 0.6 is 0 Å². The van der Waals surface area contributed by atoms with E-state index in [-0.39, 0.29) is 48.4 Å². The molecule has 7 nitrogen and oxygen atoms in total. The number of rotatable bonds is 10. The number of aryl methyl sites for hydroxylation is 1. The van der Waals surface area contributed by atoms with E-state index in [2.05, 4.69) is 5.32 Å². The third-order valence-corrected chi connectivity index (χ3v) is 6.82. The van der Waals surface area contributed by atoms with Crippen molar-refractivity contribution in [2.24, 2.45) is 17.8 Å². The van der Waals surface area contributed by atoms with Crippen molar-refractivity contribution in [3.05, 3.63) is 47.5 Å². The quantitative estimate of drug-likeness (QED) is 0.423. The number of allylic oxidation sites excluding steroid dienone is 2. The Kier molecular flexibility index (Phi) is 8.64. The van der Waals surface area contributed by atoms with Crippen LogP contribution in [0.5, 0.6) is 0 Å². The largest absolute Gasteiger partial charge is 0.354 e. The highest BCUT2D eigenvalue weighted by Gasteiger charge is 2.47. The van der Waals surface area contributed by atoms with E-state index in [4.69, 9.17) is 0 Å². The van der Waals surface area contributed by atoms with Gasteiger partial charge in [0.25, 0.3) is 0 Å². The maximum Gasteiger partial charge on any atom is 0.242 e. The van der Waals surface area contributed by atoms with Gasteiger partial charge in [0.1, 0.15) is 6.04 Å². The molecular weight excluding hydrogens is 430 g/mol. The average molecular weight is 468 g/mol. The van der Waals surface area contributed by atoms with E-state index in [1.54, 1.807) is 4.90 Å². The average Bonchev–Trinajstić information content (AvgIpc) is 3.06. The molecule has 1 saturated heterocycles. The van der Waals surface area contributed by atoms with Gasteiger partial charge in [0.15, 0.2) is 0 Å². The maximum absolute atomic E-state index is 13.5. The Balaban J connectivity index is 1.76. The van der Waals surface area contributed by atoms with Gasteiger partial charge in [-0.2, -0.15) is 0 Å². The van der Waals surface area contributed by atoms with Crippen molar-refractivity contribution in [1.82, 2.24) is 15.1 Å². The topological polar surface area (TPSA) is 86.8 Å². The summed E-state index contributed by atoms with van der Waals surface area (Å²) in [5.41, 5.74) is 2.01. The van der Waals surface area contributed by atoms with E-state index in [1.807, 2.05) is 64.1 Å². The highest BCUT2D eigenvalue weighted by atomic mass is 16.2. The molecule has 2 aliphatic rings. The van der Waals surface area contributed by atoms with E-state index in [1.165, 1.54) is 4.90 Å². The standard InChI is InChI=1S/C27H37N3O4/c1-5-23(25(32)28-16-18(2)3)30(17-20-11-7-6-10-19(20)4)24(31)14-15-29-26(33)21-12-8-9-13-22(21)27(29)34/h6-11,18,21-23H,5,12-17H2,1-4H3,(H,28,32)/t21-,22+,23-/m0/s1. The van der Waals surface area contributed by atoms with Crippen LogP contribution in [-0.4, -0.2) is 52.6 Å². The lowest BCUT2D eigenvalue weighted by atomic mass is 9.85.